The Morgan fingerprint density at radius 3 is 2.52 bits per heavy atom. The van der Waals surface area contributed by atoms with E-state index in [4.69, 9.17) is 9.47 Å². The number of nitrogens with zero attached hydrogens (tertiary/aromatic N) is 1. The van der Waals surface area contributed by atoms with Gasteiger partial charge in [0.25, 0.3) is 0 Å². The molecule has 0 aromatic heterocycles. The largest absolute Gasteiger partial charge is 0.491 e. The quantitative estimate of drug-likeness (QED) is 0.674. The Hall–Kier alpha value is -2.37. The van der Waals surface area contributed by atoms with Crippen molar-refractivity contribution in [3.63, 3.8) is 0 Å². The number of benzene rings is 2. The van der Waals surface area contributed by atoms with Gasteiger partial charge in [-0.25, -0.2) is 0 Å². The van der Waals surface area contributed by atoms with E-state index < -0.39 is 0 Å². The first-order valence-corrected chi connectivity index (χ1v) is 8.38. The lowest BCUT2D eigenvalue weighted by atomic mass is 10.2. The molecule has 0 aliphatic carbocycles. The molecule has 0 saturated heterocycles. The van der Waals surface area contributed by atoms with Crippen molar-refractivity contribution >= 4 is 5.91 Å². The van der Waals surface area contributed by atoms with Crippen LogP contribution in [0.1, 0.15) is 11.1 Å². The van der Waals surface area contributed by atoms with E-state index in [0.717, 1.165) is 17.9 Å². The van der Waals surface area contributed by atoms with Gasteiger partial charge in [-0.3, -0.25) is 9.69 Å². The van der Waals surface area contributed by atoms with Crippen molar-refractivity contribution in [3.8, 4) is 5.75 Å². The topological polar surface area (TPSA) is 50.8 Å². The molecule has 0 fully saturated rings. The van der Waals surface area contributed by atoms with E-state index in [9.17, 15) is 4.79 Å². The summed E-state index contributed by atoms with van der Waals surface area (Å²) in [4.78, 5) is 14.2. The van der Waals surface area contributed by atoms with Crippen LogP contribution in [0.3, 0.4) is 0 Å². The Kier molecular flexibility index (Phi) is 7.95. The van der Waals surface area contributed by atoms with Crippen molar-refractivity contribution < 1.29 is 14.3 Å². The lowest BCUT2D eigenvalue weighted by Crippen LogP contribution is -2.34. The maximum absolute atomic E-state index is 12.2. The van der Waals surface area contributed by atoms with Gasteiger partial charge in [0.1, 0.15) is 12.4 Å². The van der Waals surface area contributed by atoms with Crippen LogP contribution in [-0.4, -0.2) is 44.7 Å². The Labute approximate surface area is 149 Å². The first kappa shape index (κ1) is 19.0. The van der Waals surface area contributed by atoms with Crippen LogP contribution >= 0.6 is 0 Å². The summed E-state index contributed by atoms with van der Waals surface area (Å²) in [5.74, 6) is 0.766. The fraction of sp³-hybridized carbons (Fsp3) is 0.350. The molecule has 0 heterocycles. The number of likely N-dealkylation sites (N-methyl/N-ethyl adjacent to an activating group) is 1. The molecule has 0 aliphatic heterocycles. The van der Waals surface area contributed by atoms with Crippen molar-refractivity contribution in [3.05, 3.63) is 65.7 Å². The zero-order valence-electron chi connectivity index (χ0n) is 14.9. The fourth-order valence-electron chi connectivity index (χ4n) is 2.47. The van der Waals surface area contributed by atoms with Gasteiger partial charge in [0, 0.05) is 25.8 Å². The molecule has 2 aromatic rings. The Balaban J connectivity index is 1.79. The van der Waals surface area contributed by atoms with Crippen molar-refractivity contribution in [1.82, 2.24) is 10.2 Å². The van der Waals surface area contributed by atoms with Gasteiger partial charge >= 0.3 is 0 Å². The van der Waals surface area contributed by atoms with E-state index >= 15 is 0 Å². The summed E-state index contributed by atoms with van der Waals surface area (Å²) >= 11 is 0. The second kappa shape index (κ2) is 10.5. The van der Waals surface area contributed by atoms with Crippen LogP contribution in [0, 0.1) is 0 Å². The van der Waals surface area contributed by atoms with Gasteiger partial charge in [-0.2, -0.15) is 0 Å². The minimum Gasteiger partial charge on any atom is -0.491 e. The molecule has 2 aromatic carbocycles. The molecule has 0 bridgehead atoms. The van der Waals surface area contributed by atoms with Gasteiger partial charge in [0.15, 0.2) is 0 Å². The maximum Gasteiger partial charge on any atom is 0.234 e. The lowest BCUT2D eigenvalue weighted by Gasteiger charge is -2.17. The highest BCUT2D eigenvalue weighted by Crippen LogP contribution is 2.17. The van der Waals surface area contributed by atoms with Crippen molar-refractivity contribution in [1.29, 1.82) is 0 Å². The number of hydrogen-bond donors (Lipinski definition) is 1. The minimum absolute atomic E-state index is 0.00914. The fourth-order valence-corrected chi connectivity index (χ4v) is 2.47. The molecule has 5 heteroatoms. The summed E-state index contributed by atoms with van der Waals surface area (Å²) in [5.41, 5.74) is 2.15. The zero-order valence-corrected chi connectivity index (χ0v) is 14.9. The number of ether oxygens (including phenoxy) is 2. The van der Waals surface area contributed by atoms with Crippen LogP contribution in [0.25, 0.3) is 0 Å². The summed E-state index contributed by atoms with van der Waals surface area (Å²) in [6, 6.07) is 17.8. The number of methoxy groups -OCH3 is 1. The highest BCUT2D eigenvalue weighted by Gasteiger charge is 2.09. The summed E-state index contributed by atoms with van der Waals surface area (Å²) < 4.78 is 10.7. The molecule has 1 amide bonds. The molecule has 5 nitrogen and oxygen atoms in total. The summed E-state index contributed by atoms with van der Waals surface area (Å²) in [6.45, 7) is 2.56. The number of nitrogens with one attached hydrogen (secondary N) is 1. The average molecular weight is 342 g/mol. The first-order valence-electron chi connectivity index (χ1n) is 8.38. The third kappa shape index (κ3) is 6.95. The normalized spacial score (nSPS) is 10.7. The van der Waals surface area contributed by atoms with Gasteiger partial charge in [-0.15, -0.1) is 0 Å². The molecule has 1 N–H and O–H groups in total. The molecule has 0 radical (unpaired) electrons. The van der Waals surface area contributed by atoms with E-state index in [1.807, 2.05) is 54.4 Å². The summed E-state index contributed by atoms with van der Waals surface area (Å²) in [5, 5.41) is 2.95. The predicted molar refractivity (Wildman–Crippen MR) is 98.4 cm³/mol. The Morgan fingerprint density at radius 1 is 1.04 bits per heavy atom. The predicted octanol–water partition coefficient (Wildman–Crippen LogP) is 2.46. The van der Waals surface area contributed by atoms with Crippen LogP contribution in [0.2, 0.25) is 0 Å². The Bertz CT molecular complexity index is 646. The first-order chi connectivity index (χ1) is 12.2. The molecule has 134 valence electrons. The molecule has 0 unspecified atom stereocenters. The van der Waals surface area contributed by atoms with E-state index in [0.29, 0.717) is 26.3 Å². The van der Waals surface area contributed by atoms with Crippen molar-refractivity contribution in [2.75, 3.05) is 33.9 Å². The third-order valence-electron chi connectivity index (χ3n) is 3.70. The van der Waals surface area contributed by atoms with E-state index in [1.165, 1.54) is 5.56 Å². The van der Waals surface area contributed by atoms with Crippen LogP contribution in [0.4, 0.5) is 0 Å². The second-order valence-electron chi connectivity index (χ2n) is 5.88. The number of amides is 1. The molecule has 0 aliphatic rings. The molecular weight excluding hydrogens is 316 g/mol. The number of para-hydroxylation sites is 1. The molecule has 25 heavy (non-hydrogen) atoms. The van der Waals surface area contributed by atoms with Crippen LogP contribution in [0.15, 0.2) is 54.6 Å². The van der Waals surface area contributed by atoms with Crippen molar-refractivity contribution in [2.24, 2.45) is 0 Å². The molecule has 0 saturated carbocycles. The molecular formula is C20H26N2O3. The van der Waals surface area contributed by atoms with Crippen LogP contribution in [0.5, 0.6) is 5.75 Å². The van der Waals surface area contributed by atoms with Gasteiger partial charge in [0.05, 0.1) is 13.2 Å². The van der Waals surface area contributed by atoms with Gasteiger partial charge in [-0.1, -0.05) is 48.5 Å². The second-order valence-corrected chi connectivity index (χ2v) is 5.88. The summed E-state index contributed by atoms with van der Waals surface area (Å²) in [7, 11) is 3.58. The number of carbonyl (C=O) groups is 1. The third-order valence-corrected chi connectivity index (χ3v) is 3.70. The number of carbonyl (C=O) groups excluding carboxylic acids is 1. The van der Waals surface area contributed by atoms with Crippen LogP contribution in [-0.2, 0) is 22.6 Å². The standard InChI is InChI=1S/C20H26N2O3/c1-22(15-17-8-4-3-5-9-17)16-20(23)21-14-18-10-6-7-11-19(18)25-13-12-24-2/h3-11H,12-16H2,1-2H3,(H,21,23). The van der Waals surface area contributed by atoms with Crippen LogP contribution < -0.4 is 10.1 Å². The summed E-state index contributed by atoms with van der Waals surface area (Å²) in [6.07, 6.45) is 0. The lowest BCUT2D eigenvalue weighted by molar-refractivity contribution is -0.122. The van der Waals surface area contributed by atoms with Gasteiger partial charge in [0.2, 0.25) is 5.91 Å². The maximum atomic E-state index is 12.2. The SMILES string of the molecule is COCCOc1ccccc1CNC(=O)CN(C)Cc1ccccc1. The van der Waals surface area contributed by atoms with Gasteiger partial charge < -0.3 is 14.8 Å². The van der Waals surface area contributed by atoms with Gasteiger partial charge in [-0.05, 0) is 18.7 Å². The van der Waals surface area contributed by atoms with Crippen molar-refractivity contribution in [2.45, 2.75) is 13.1 Å². The number of rotatable bonds is 10. The minimum atomic E-state index is -0.00914. The Morgan fingerprint density at radius 2 is 1.76 bits per heavy atom. The highest BCUT2D eigenvalue weighted by molar-refractivity contribution is 5.78. The molecule has 0 spiro atoms. The monoisotopic (exact) mass is 342 g/mol. The van der Waals surface area contributed by atoms with E-state index in [2.05, 4.69) is 17.4 Å². The molecule has 2 rings (SSSR count). The zero-order chi connectivity index (χ0) is 17.9. The molecule has 0 atom stereocenters. The van der Waals surface area contributed by atoms with E-state index in [-0.39, 0.29) is 5.91 Å². The smallest absolute Gasteiger partial charge is 0.234 e. The number of hydrogen-bond acceptors (Lipinski definition) is 4. The average Bonchev–Trinajstić information content (AvgIpc) is 2.62. The highest BCUT2D eigenvalue weighted by atomic mass is 16.5. The van der Waals surface area contributed by atoms with E-state index in [1.54, 1.807) is 7.11 Å².